The number of hydrogen-bond acceptors (Lipinski definition) is 8. The Bertz CT molecular complexity index is 1670. The first kappa shape index (κ1) is 30.1. The zero-order valence-electron chi connectivity index (χ0n) is 23.3. The van der Waals surface area contributed by atoms with Crippen molar-refractivity contribution >= 4 is 45.2 Å². The molecule has 0 unspecified atom stereocenters. The smallest absolute Gasteiger partial charge is 0.378 e. The van der Waals surface area contributed by atoms with Crippen molar-refractivity contribution in [3.8, 4) is 23.2 Å². The molecule has 1 fully saturated rings. The molecule has 2 atom stereocenters. The maximum atomic E-state index is 14.7. The molecule has 5 rings (SSSR count). The largest absolute Gasteiger partial charge is 0.393 e. The second-order valence-electron chi connectivity index (χ2n) is 10.7. The number of nitrogens with one attached hydrogen (secondary N) is 2. The molecule has 1 aliphatic rings. The van der Waals surface area contributed by atoms with Crippen LogP contribution in [-0.2, 0) is 11.0 Å². The summed E-state index contributed by atoms with van der Waals surface area (Å²) >= 11 is 1.17. The van der Waals surface area contributed by atoms with E-state index in [1.165, 1.54) is 17.7 Å². The third-order valence-electron chi connectivity index (χ3n) is 7.08. The molecular weight excluding hydrogens is 589 g/mol. The van der Waals surface area contributed by atoms with Crippen LogP contribution in [0.3, 0.4) is 0 Å². The summed E-state index contributed by atoms with van der Waals surface area (Å²) in [5.41, 5.74) is 1.90. The Hall–Kier alpha value is -3.39. The summed E-state index contributed by atoms with van der Waals surface area (Å²) in [6.45, 7) is 4.47. The average Bonchev–Trinajstić information content (AvgIpc) is 3.56. The fourth-order valence-corrected chi connectivity index (χ4v) is 6.98. The number of alkyl halides is 4. The molecule has 0 bridgehead atoms. The highest BCUT2D eigenvalue weighted by atomic mass is 32.1. The van der Waals surface area contributed by atoms with Crippen LogP contribution >= 0.6 is 18.5 Å². The van der Waals surface area contributed by atoms with Crippen LogP contribution in [0.15, 0.2) is 47.3 Å². The molecule has 3 heterocycles. The van der Waals surface area contributed by atoms with Gasteiger partial charge in [0, 0.05) is 29.6 Å². The van der Waals surface area contributed by atoms with Crippen LogP contribution in [0, 0.1) is 11.8 Å². The summed E-state index contributed by atoms with van der Waals surface area (Å²) in [6.07, 6.45) is -4.86. The highest BCUT2D eigenvalue weighted by Gasteiger charge is 2.32. The molecule has 13 heteroatoms. The van der Waals surface area contributed by atoms with E-state index in [0.717, 1.165) is 6.54 Å². The fourth-order valence-electron chi connectivity index (χ4n) is 4.94. The maximum absolute atomic E-state index is 14.7. The zero-order chi connectivity index (χ0) is 30.1. The molecule has 1 aliphatic heterocycles. The minimum Gasteiger partial charge on any atom is -0.378 e. The number of likely N-dealkylation sites (tertiary alicyclic amines) is 1. The second kappa shape index (κ2) is 12.1. The standard InChI is InChI=1S/C29H30F4N5O2PS/c1-38-13-11-24(22(30)16-38)36-25-7-4-6-19-21(15-29(31,32)33)26(42-27(19)25)8-5-12-34-23-10-9-18(41(2,3)39)14-20(23)28-35-17-40-37-28/h4,6-7,9-10,14,17,22,24,34,36H,11-13,15-16H2,1-3H3/t22-,24+/m0/s1. The summed E-state index contributed by atoms with van der Waals surface area (Å²) in [6, 6.07) is 9.91. The molecule has 42 heavy (non-hydrogen) atoms. The maximum Gasteiger partial charge on any atom is 0.393 e. The lowest BCUT2D eigenvalue weighted by molar-refractivity contribution is -0.126. The first-order valence-electron chi connectivity index (χ1n) is 13.3. The number of hydrogen-bond donors (Lipinski definition) is 2. The monoisotopic (exact) mass is 619 g/mol. The Morgan fingerprint density at radius 1 is 1.21 bits per heavy atom. The van der Waals surface area contributed by atoms with Gasteiger partial charge in [0.1, 0.15) is 13.3 Å². The third kappa shape index (κ3) is 6.97. The summed E-state index contributed by atoms with van der Waals surface area (Å²) in [4.78, 5) is 6.32. The molecule has 7 nitrogen and oxygen atoms in total. The molecule has 0 spiro atoms. The zero-order valence-corrected chi connectivity index (χ0v) is 25.0. The summed E-state index contributed by atoms with van der Waals surface area (Å²) < 4.78 is 73.7. The SMILES string of the molecule is CN1CC[C@@H](Nc2cccc3c(CC(F)(F)F)c(C#CCNc4ccc(P(C)(C)=O)cc4-c4ncon4)sc23)[C@@H](F)C1. The van der Waals surface area contributed by atoms with Crippen molar-refractivity contribution in [3.63, 3.8) is 0 Å². The molecule has 2 N–H and O–H groups in total. The van der Waals surface area contributed by atoms with E-state index in [1.807, 2.05) is 11.9 Å². The molecule has 2 aromatic heterocycles. The van der Waals surface area contributed by atoms with E-state index in [9.17, 15) is 22.1 Å². The van der Waals surface area contributed by atoms with E-state index in [4.69, 9.17) is 4.52 Å². The molecule has 0 radical (unpaired) electrons. The van der Waals surface area contributed by atoms with Crippen LogP contribution in [0.5, 0.6) is 0 Å². The van der Waals surface area contributed by atoms with Crippen molar-refractivity contribution in [2.75, 3.05) is 50.6 Å². The number of halogens is 4. The minimum atomic E-state index is -4.43. The van der Waals surface area contributed by atoms with Crippen LogP contribution in [0.1, 0.15) is 16.9 Å². The molecular formula is C29H30F4N5O2PS. The van der Waals surface area contributed by atoms with Crippen molar-refractivity contribution in [2.45, 2.75) is 31.2 Å². The van der Waals surface area contributed by atoms with Crippen molar-refractivity contribution in [2.24, 2.45) is 0 Å². The van der Waals surface area contributed by atoms with Gasteiger partial charge in [-0.1, -0.05) is 29.1 Å². The number of thiophene rings is 1. The topological polar surface area (TPSA) is 83.3 Å². The third-order valence-corrected chi connectivity index (χ3v) is 9.80. The first-order valence-corrected chi connectivity index (χ1v) is 16.7. The van der Waals surface area contributed by atoms with Crippen molar-refractivity contribution in [3.05, 3.63) is 53.2 Å². The Kier molecular flexibility index (Phi) is 8.65. The van der Waals surface area contributed by atoms with E-state index in [1.54, 1.807) is 49.7 Å². The molecule has 0 amide bonds. The predicted octanol–water partition coefficient (Wildman–Crippen LogP) is 6.22. The number of rotatable bonds is 7. The van der Waals surface area contributed by atoms with E-state index >= 15 is 0 Å². The quantitative estimate of drug-likeness (QED) is 0.144. The summed E-state index contributed by atoms with van der Waals surface area (Å²) in [5.74, 6) is 6.18. The number of benzene rings is 2. The number of fused-ring (bicyclic) bond motifs is 1. The molecule has 0 aliphatic carbocycles. The normalized spacial score (nSPS) is 18.1. The summed E-state index contributed by atoms with van der Waals surface area (Å²) in [7, 11) is -0.696. The van der Waals surface area contributed by atoms with Crippen molar-refractivity contribution < 1.29 is 26.6 Å². The van der Waals surface area contributed by atoms with Crippen LogP contribution in [0.4, 0.5) is 28.9 Å². The Morgan fingerprint density at radius 2 is 2.02 bits per heavy atom. The van der Waals surface area contributed by atoms with Crippen molar-refractivity contribution in [1.82, 2.24) is 15.0 Å². The molecule has 2 aromatic carbocycles. The number of aromatic nitrogens is 2. The fraction of sp³-hybridized carbons (Fsp3) is 0.379. The van der Waals surface area contributed by atoms with E-state index in [-0.39, 0.29) is 12.1 Å². The molecule has 0 saturated carbocycles. The van der Waals surface area contributed by atoms with Gasteiger partial charge in [0.05, 0.1) is 34.3 Å². The predicted molar refractivity (Wildman–Crippen MR) is 160 cm³/mol. The van der Waals surface area contributed by atoms with Gasteiger partial charge in [-0.3, -0.25) is 0 Å². The number of anilines is 2. The second-order valence-corrected chi connectivity index (χ2v) is 14.9. The van der Waals surface area contributed by atoms with Gasteiger partial charge in [-0.25, -0.2) is 4.39 Å². The number of piperidine rings is 1. The van der Waals surface area contributed by atoms with Gasteiger partial charge >= 0.3 is 6.18 Å². The molecule has 222 valence electrons. The highest BCUT2D eigenvalue weighted by molar-refractivity contribution is 7.70. The Morgan fingerprint density at radius 3 is 2.71 bits per heavy atom. The summed E-state index contributed by atoms with van der Waals surface area (Å²) in [5, 5.41) is 11.4. The number of nitrogens with zero attached hydrogens (tertiary/aromatic N) is 3. The molecule has 1 saturated heterocycles. The minimum absolute atomic E-state index is 0.109. The van der Waals surface area contributed by atoms with Gasteiger partial charge in [0.2, 0.25) is 12.2 Å². The van der Waals surface area contributed by atoms with Crippen LogP contribution in [0.2, 0.25) is 0 Å². The Labute approximate surface area is 245 Å². The van der Waals surface area contributed by atoms with E-state index in [0.29, 0.717) is 56.0 Å². The van der Waals surface area contributed by atoms with Crippen LogP contribution in [0.25, 0.3) is 21.5 Å². The van der Waals surface area contributed by atoms with E-state index in [2.05, 4.69) is 32.6 Å². The first-order chi connectivity index (χ1) is 19.9. The highest BCUT2D eigenvalue weighted by Crippen LogP contribution is 2.40. The van der Waals surface area contributed by atoms with Gasteiger partial charge in [-0.2, -0.15) is 18.2 Å². The van der Waals surface area contributed by atoms with Gasteiger partial charge in [0.15, 0.2) is 0 Å². The Balaban J connectivity index is 1.43. The van der Waals surface area contributed by atoms with E-state index < -0.39 is 32.0 Å². The van der Waals surface area contributed by atoms with Gasteiger partial charge in [-0.15, -0.1) is 11.3 Å². The van der Waals surface area contributed by atoms with Gasteiger partial charge in [-0.05, 0) is 62.0 Å². The van der Waals surface area contributed by atoms with Crippen LogP contribution in [-0.4, -0.2) is 73.4 Å². The lowest BCUT2D eigenvalue weighted by Gasteiger charge is -2.33. The van der Waals surface area contributed by atoms with Crippen LogP contribution < -0.4 is 15.9 Å². The average molecular weight is 620 g/mol. The molecule has 4 aromatic rings. The lowest BCUT2D eigenvalue weighted by atomic mass is 10.0. The van der Waals surface area contributed by atoms with Gasteiger partial charge < -0.3 is 24.6 Å². The lowest BCUT2D eigenvalue weighted by Crippen LogP contribution is -2.46. The van der Waals surface area contributed by atoms with Gasteiger partial charge in [0.25, 0.3) is 0 Å². The van der Waals surface area contributed by atoms with Crippen molar-refractivity contribution in [1.29, 1.82) is 0 Å².